The van der Waals surface area contributed by atoms with Crippen LogP contribution in [0.25, 0.3) is 0 Å². The minimum atomic E-state index is -6.30. The fraction of sp³-hybridized carbons (Fsp3) is 0.400. The van der Waals surface area contributed by atoms with Crippen molar-refractivity contribution in [1.29, 1.82) is 0 Å². The fourth-order valence-corrected chi connectivity index (χ4v) is 1.09. The molecule has 0 radical (unpaired) electrons. The summed E-state index contributed by atoms with van der Waals surface area (Å²) in [4.78, 5) is 0. The van der Waals surface area contributed by atoms with E-state index in [1.165, 1.54) is 30.3 Å². The van der Waals surface area contributed by atoms with Crippen molar-refractivity contribution < 1.29 is 30.7 Å². The Balaban J connectivity index is 2.77. The number of rotatable bonds is 4. The number of hydrogen-bond donors (Lipinski definition) is 1. The molecular weight excluding hydrogens is 267 g/mol. The van der Waals surface area contributed by atoms with Crippen LogP contribution in [0.1, 0.15) is 0 Å². The highest BCUT2D eigenvalue weighted by atomic mass is 19.4. The van der Waals surface area contributed by atoms with Gasteiger partial charge in [-0.25, -0.2) is 0 Å². The molecule has 0 atom stereocenters. The summed E-state index contributed by atoms with van der Waals surface area (Å²) in [6, 6.07) is 6.90. The van der Waals surface area contributed by atoms with Crippen molar-refractivity contribution in [2.45, 2.75) is 18.0 Å². The largest absolute Gasteiger partial charge is 0.459 e. The molecule has 0 saturated heterocycles. The zero-order chi connectivity index (χ0) is 14.0. The van der Waals surface area contributed by atoms with Gasteiger partial charge in [-0.15, -0.1) is 0 Å². The molecule has 0 spiro atoms. The average molecular weight is 275 g/mol. The normalized spacial score (nSPS) is 13.5. The van der Waals surface area contributed by atoms with E-state index in [-0.39, 0.29) is 5.69 Å². The van der Waals surface area contributed by atoms with Gasteiger partial charge in [-0.3, -0.25) is 0 Å². The van der Waals surface area contributed by atoms with Crippen molar-refractivity contribution in [3.8, 4) is 0 Å². The monoisotopic (exact) mass is 275 g/mol. The predicted molar refractivity (Wildman–Crippen MR) is 50.9 cm³/mol. The zero-order valence-corrected chi connectivity index (χ0v) is 8.74. The molecule has 0 amide bonds. The third-order valence-electron chi connectivity index (χ3n) is 2.10. The molecule has 0 aliphatic carbocycles. The van der Waals surface area contributed by atoms with Crippen molar-refractivity contribution in [3.05, 3.63) is 30.3 Å². The lowest BCUT2D eigenvalue weighted by Crippen LogP contribution is -2.55. The van der Waals surface area contributed by atoms with Gasteiger partial charge in [0.05, 0.1) is 6.54 Å². The number of anilines is 1. The summed E-state index contributed by atoms with van der Waals surface area (Å²) in [6.07, 6.45) is -6.30. The molecule has 1 aromatic rings. The van der Waals surface area contributed by atoms with E-state index in [0.717, 1.165) is 0 Å². The molecule has 102 valence electrons. The molecule has 0 bridgehead atoms. The molecule has 0 unspecified atom stereocenters. The summed E-state index contributed by atoms with van der Waals surface area (Å²) in [7, 11) is 0. The smallest absolute Gasteiger partial charge is 0.379 e. The molecule has 0 fully saturated rings. The number of alkyl halides is 7. The van der Waals surface area contributed by atoms with Gasteiger partial charge < -0.3 is 5.32 Å². The van der Waals surface area contributed by atoms with E-state index in [2.05, 4.69) is 0 Å². The molecule has 1 aromatic carbocycles. The Kier molecular flexibility index (Phi) is 3.78. The summed E-state index contributed by atoms with van der Waals surface area (Å²) in [6.45, 7) is -1.82. The maximum atomic E-state index is 12.9. The van der Waals surface area contributed by atoms with Crippen LogP contribution in [-0.2, 0) is 0 Å². The van der Waals surface area contributed by atoms with Crippen molar-refractivity contribution >= 4 is 5.69 Å². The lowest BCUT2D eigenvalue weighted by molar-refractivity contribution is -0.350. The van der Waals surface area contributed by atoms with E-state index in [1.54, 1.807) is 0 Å². The van der Waals surface area contributed by atoms with Gasteiger partial charge in [0.25, 0.3) is 0 Å². The minimum Gasteiger partial charge on any atom is -0.379 e. The molecule has 1 rings (SSSR count). The zero-order valence-electron chi connectivity index (χ0n) is 8.74. The molecule has 0 heterocycles. The molecule has 1 nitrogen and oxygen atoms in total. The molecule has 0 aliphatic rings. The first-order chi connectivity index (χ1) is 8.08. The van der Waals surface area contributed by atoms with Gasteiger partial charge in [-0.05, 0) is 12.1 Å². The van der Waals surface area contributed by atoms with E-state index < -0.39 is 24.6 Å². The van der Waals surface area contributed by atoms with E-state index in [1.807, 2.05) is 5.32 Å². The number of para-hydroxylation sites is 1. The number of halogens is 7. The Labute approximate surface area is 97.6 Å². The quantitative estimate of drug-likeness (QED) is 0.821. The Morgan fingerprint density at radius 3 is 1.78 bits per heavy atom. The highest BCUT2D eigenvalue weighted by Gasteiger charge is 2.72. The van der Waals surface area contributed by atoms with E-state index in [9.17, 15) is 30.7 Å². The Morgan fingerprint density at radius 1 is 0.833 bits per heavy atom. The summed E-state index contributed by atoms with van der Waals surface area (Å²) in [5.74, 6) is -11.3. The summed E-state index contributed by atoms with van der Waals surface area (Å²) in [5, 5.41) is 1.83. The van der Waals surface area contributed by atoms with Crippen LogP contribution in [0.3, 0.4) is 0 Å². The summed E-state index contributed by atoms with van der Waals surface area (Å²) >= 11 is 0. The van der Waals surface area contributed by atoms with Gasteiger partial charge in [-0.1, -0.05) is 18.2 Å². The molecule has 8 heteroatoms. The Bertz CT molecular complexity index is 385. The molecule has 18 heavy (non-hydrogen) atoms. The molecule has 0 aromatic heterocycles. The fourth-order valence-electron chi connectivity index (χ4n) is 1.09. The average Bonchev–Trinajstić information content (AvgIpc) is 2.26. The standard InChI is InChI=1S/C10H8F7N/c11-8(12,9(13,14)10(15,16)17)6-18-7-4-2-1-3-5-7/h1-5,18H,6H2. The van der Waals surface area contributed by atoms with E-state index >= 15 is 0 Å². The van der Waals surface area contributed by atoms with Gasteiger partial charge in [0.2, 0.25) is 0 Å². The first kappa shape index (κ1) is 14.6. The highest BCUT2D eigenvalue weighted by Crippen LogP contribution is 2.46. The van der Waals surface area contributed by atoms with Crippen molar-refractivity contribution in [2.24, 2.45) is 0 Å². The number of nitrogens with one attached hydrogen (secondary N) is 1. The van der Waals surface area contributed by atoms with Crippen LogP contribution in [0, 0.1) is 0 Å². The molecular formula is C10H8F7N. The maximum absolute atomic E-state index is 12.9. The Morgan fingerprint density at radius 2 is 1.33 bits per heavy atom. The number of hydrogen-bond acceptors (Lipinski definition) is 1. The topological polar surface area (TPSA) is 12.0 Å². The number of benzene rings is 1. The van der Waals surface area contributed by atoms with Gasteiger partial charge >= 0.3 is 18.0 Å². The van der Waals surface area contributed by atoms with Crippen LogP contribution < -0.4 is 5.32 Å². The van der Waals surface area contributed by atoms with Gasteiger partial charge in [0.1, 0.15) is 0 Å². The van der Waals surface area contributed by atoms with Gasteiger partial charge in [0.15, 0.2) is 0 Å². The second-order valence-corrected chi connectivity index (χ2v) is 3.50. The lowest BCUT2D eigenvalue weighted by Gasteiger charge is -2.28. The first-order valence-electron chi connectivity index (χ1n) is 4.69. The van der Waals surface area contributed by atoms with Crippen LogP contribution >= 0.6 is 0 Å². The SMILES string of the molecule is FC(F)(F)C(F)(F)C(F)(F)CNc1ccccc1. The highest BCUT2D eigenvalue weighted by molar-refractivity contribution is 5.42. The van der Waals surface area contributed by atoms with Gasteiger partial charge in [-0.2, -0.15) is 30.7 Å². The molecule has 1 N–H and O–H groups in total. The van der Waals surface area contributed by atoms with E-state index in [4.69, 9.17) is 0 Å². The predicted octanol–water partition coefficient (Wildman–Crippen LogP) is 3.93. The van der Waals surface area contributed by atoms with Crippen molar-refractivity contribution in [3.63, 3.8) is 0 Å². The van der Waals surface area contributed by atoms with Crippen LogP contribution in [-0.4, -0.2) is 24.6 Å². The van der Waals surface area contributed by atoms with Crippen LogP contribution in [0.15, 0.2) is 30.3 Å². The third kappa shape index (κ3) is 2.85. The van der Waals surface area contributed by atoms with Crippen LogP contribution in [0.4, 0.5) is 36.4 Å². The maximum Gasteiger partial charge on any atom is 0.459 e. The third-order valence-corrected chi connectivity index (χ3v) is 2.10. The first-order valence-corrected chi connectivity index (χ1v) is 4.69. The van der Waals surface area contributed by atoms with Gasteiger partial charge in [0, 0.05) is 5.69 Å². The van der Waals surface area contributed by atoms with Crippen molar-refractivity contribution in [2.75, 3.05) is 11.9 Å². The van der Waals surface area contributed by atoms with Crippen molar-refractivity contribution in [1.82, 2.24) is 0 Å². The second-order valence-electron chi connectivity index (χ2n) is 3.50. The van der Waals surface area contributed by atoms with E-state index in [0.29, 0.717) is 0 Å². The summed E-state index contributed by atoms with van der Waals surface area (Å²) in [5.41, 5.74) is 0.0233. The van der Waals surface area contributed by atoms with Crippen LogP contribution in [0.2, 0.25) is 0 Å². The summed E-state index contributed by atoms with van der Waals surface area (Å²) < 4.78 is 86.1. The minimum absolute atomic E-state index is 0.0233. The van der Waals surface area contributed by atoms with Crippen LogP contribution in [0.5, 0.6) is 0 Å². The molecule has 0 aliphatic heterocycles. The second kappa shape index (κ2) is 4.66. The molecule has 0 saturated carbocycles. The lowest BCUT2D eigenvalue weighted by atomic mass is 10.1. The Hall–Kier alpha value is -1.47.